The molecule has 1 amide bonds. The zero-order valence-corrected chi connectivity index (χ0v) is 19.8. The van der Waals surface area contributed by atoms with Crippen LogP contribution in [0.1, 0.15) is 18.7 Å². The summed E-state index contributed by atoms with van der Waals surface area (Å²) in [5.74, 6) is -5.76. The number of carbonyl (C=O) groups is 1. The number of hydrogen-bond donors (Lipinski definition) is 2. The molecule has 31 heavy (non-hydrogen) atoms. The number of alkyl halides is 4. The van der Waals surface area contributed by atoms with E-state index in [1.807, 2.05) is 52.6 Å². The van der Waals surface area contributed by atoms with Crippen LogP contribution in [0.5, 0.6) is 0 Å². The second kappa shape index (κ2) is 8.70. The number of nitrogens with one attached hydrogen (secondary N) is 2. The maximum atomic E-state index is 13.6. The minimum atomic E-state index is -3.03. The lowest BCUT2D eigenvalue weighted by Gasteiger charge is -2.13. The number of pyridine rings is 1. The number of anilines is 3. The number of carbonyl (C=O) groups excluding carboxylic acids is 1. The summed E-state index contributed by atoms with van der Waals surface area (Å²) < 4.78 is 54.9. The Bertz CT molecular complexity index is 1160. The number of halogens is 5. The molecule has 0 saturated heterocycles. The van der Waals surface area contributed by atoms with Crippen molar-refractivity contribution in [2.45, 2.75) is 23.7 Å². The molecular formula is C18H15F4IN5OPS. The number of amides is 1. The number of para-hydroxylation sites is 1. The van der Waals surface area contributed by atoms with Crippen molar-refractivity contribution in [3.05, 3.63) is 36.2 Å². The van der Waals surface area contributed by atoms with E-state index in [-0.39, 0.29) is 23.4 Å². The van der Waals surface area contributed by atoms with Gasteiger partial charge in [0.2, 0.25) is 5.91 Å². The van der Waals surface area contributed by atoms with Crippen LogP contribution in [-0.2, 0) is 4.79 Å². The molecule has 1 aromatic carbocycles. The number of benzene rings is 1. The molecule has 1 aliphatic rings. The lowest BCUT2D eigenvalue weighted by atomic mass is 10.2. The van der Waals surface area contributed by atoms with Crippen molar-refractivity contribution in [1.29, 1.82) is 0 Å². The molecule has 0 spiro atoms. The quantitative estimate of drug-likeness (QED) is 0.150. The second-order valence-corrected chi connectivity index (χ2v) is 9.66. The largest absolute Gasteiger partial charge is 0.353 e. The van der Waals surface area contributed by atoms with Crippen LogP contribution in [0, 0.1) is 5.92 Å². The molecule has 164 valence electrons. The van der Waals surface area contributed by atoms with Gasteiger partial charge in [0.25, 0.3) is 12.3 Å². The third-order valence-corrected chi connectivity index (χ3v) is 7.54. The Labute approximate surface area is 193 Å². The maximum Gasteiger partial charge on any atom is 0.295 e. The van der Waals surface area contributed by atoms with Crippen LogP contribution in [0.25, 0.3) is 11.2 Å². The van der Waals surface area contributed by atoms with E-state index in [2.05, 4.69) is 20.6 Å². The van der Waals surface area contributed by atoms with E-state index in [9.17, 15) is 22.4 Å². The lowest BCUT2D eigenvalue weighted by molar-refractivity contribution is -0.119. The summed E-state index contributed by atoms with van der Waals surface area (Å²) in [5, 5.41) is 5.56. The van der Waals surface area contributed by atoms with Gasteiger partial charge in [-0.15, -0.1) is 11.8 Å². The Morgan fingerprint density at radius 2 is 2.03 bits per heavy atom. The van der Waals surface area contributed by atoms with Crippen molar-refractivity contribution < 1.29 is 22.4 Å². The summed E-state index contributed by atoms with van der Waals surface area (Å²) in [5.41, 5.74) is 1.37. The maximum absolute atomic E-state index is 13.6. The SMILES string of the molecule is CSc1ccccc1Nc1cc(NC(=O)C2CC2(F)F)nc2c1nc(C(F)F)n2PI. The Morgan fingerprint density at radius 1 is 1.32 bits per heavy atom. The summed E-state index contributed by atoms with van der Waals surface area (Å²) in [6.45, 7) is 0. The van der Waals surface area contributed by atoms with Gasteiger partial charge in [0.1, 0.15) is 17.3 Å². The van der Waals surface area contributed by atoms with E-state index in [4.69, 9.17) is 0 Å². The van der Waals surface area contributed by atoms with Crippen LogP contribution in [0.4, 0.5) is 34.8 Å². The number of aromatic nitrogens is 3. The van der Waals surface area contributed by atoms with Crippen LogP contribution in [0.15, 0.2) is 35.2 Å². The van der Waals surface area contributed by atoms with Crippen molar-refractivity contribution in [2.75, 3.05) is 16.9 Å². The highest BCUT2D eigenvalue weighted by Gasteiger charge is 2.61. The van der Waals surface area contributed by atoms with E-state index in [0.29, 0.717) is 11.4 Å². The number of fused-ring (bicyclic) bond motifs is 1. The van der Waals surface area contributed by atoms with Crippen LogP contribution in [0.2, 0.25) is 0 Å². The van der Waals surface area contributed by atoms with Crippen LogP contribution in [0.3, 0.4) is 0 Å². The first kappa shape index (κ1) is 22.5. The van der Waals surface area contributed by atoms with Gasteiger partial charge in [-0.05, 0) is 40.4 Å². The van der Waals surface area contributed by atoms with Gasteiger partial charge >= 0.3 is 0 Å². The predicted molar refractivity (Wildman–Crippen MR) is 123 cm³/mol. The van der Waals surface area contributed by atoms with Crippen molar-refractivity contribution in [3.8, 4) is 0 Å². The normalized spacial score (nSPS) is 17.6. The number of nitrogens with zero attached hydrogens (tertiary/aromatic N) is 3. The molecule has 4 rings (SSSR count). The molecule has 0 aliphatic heterocycles. The molecule has 0 radical (unpaired) electrons. The van der Waals surface area contributed by atoms with E-state index in [0.717, 1.165) is 4.90 Å². The third-order valence-electron chi connectivity index (χ3n) is 4.69. The standard InChI is InChI=1S/C18H15F4IN5OPS/c1-31-11-5-3-2-4-9(11)24-10-6-12(26-17(29)8-7-18(8,21)22)25-15-13(10)27-16(14(19)20)28(15)30-23/h2-6,8,14,30H,7H2,1H3,(H2,24,25,26,29). The van der Waals surface area contributed by atoms with E-state index in [1.54, 1.807) is 0 Å². The molecule has 2 unspecified atom stereocenters. The van der Waals surface area contributed by atoms with Gasteiger partial charge in [0, 0.05) is 17.4 Å². The molecule has 0 bridgehead atoms. The summed E-state index contributed by atoms with van der Waals surface area (Å²) in [6.07, 6.45) is -1.58. The van der Waals surface area contributed by atoms with Gasteiger partial charge in [0.15, 0.2) is 11.5 Å². The first-order valence-electron chi connectivity index (χ1n) is 8.92. The molecule has 6 nitrogen and oxygen atoms in total. The van der Waals surface area contributed by atoms with Crippen LogP contribution < -0.4 is 10.6 Å². The van der Waals surface area contributed by atoms with Gasteiger partial charge in [-0.2, -0.15) is 0 Å². The molecule has 2 heterocycles. The molecule has 1 aliphatic carbocycles. The first-order chi connectivity index (χ1) is 14.7. The van der Waals surface area contributed by atoms with Gasteiger partial charge in [-0.25, -0.2) is 27.5 Å². The first-order valence-corrected chi connectivity index (χ1v) is 14.2. The minimum absolute atomic E-state index is 0.0130. The van der Waals surface area contributed by atoms with Gasteiger partial charge in [-0.3, -0.25) is 9.13 Å². The van der Waals surface area contributed by atoms with Gasteiger partial charge in [0.05, 0.1) is 17.7 Å². The molecule has 1 fully saturated rings. The number of rotatable bonds is 7. The highest BCUT2D eigenvalue weighted by atomic mass is 127. The molecule has 3 aromatic rings. The van der Waals surface area contributed by atoms with E-state index < -0.39 is 36.4 Å². The summed E-state index contributed by atoms with van der Waals surface area (Å²) >= 11 is 3.42. The van der Waals surface area contributed by atoms with Crippen molar-refractivity contribution >= 4 is 74.4 Å². The van der Waals surface area contributed by atoms with Crippen molar-refractivity contribution in [3.63, 3.8) is 0 Å². The number of hydrogen-bond acceptors (Lipinski definition) is 5. The molecule has 1 saturated carbocycles. The van der Waals surface area contributed by atoms with Crippen molar-refractivity contribution in [1.82, 2.24) is 14.3 Å². The smallest absolute Gasteiger partial charge is 0.295 e. The molecule has 2 aromatic heterocycles. The Balaban J connectivity index is 1.81. The molecule has 2 N–H and O–H groups in total. The zero-order valence-electron chi connectivity index (χ0n) is 15.8. The van der Waals surface area contributed by atoms with Gasteiger partial charge < -0.3 is 10.6 Å². The summed E-state index contributed by atoms with van der Waals surface area (Å²) in [4.78, 5) is 21.4. The zero-order chi connectivity index (χ0) is 22.3. The monoisotopic (exact) mass is 583 g/mol. The molecular weight excluding hydrogens is 568 g/mol. The molecule has 13 heteroatoms. The second-order valence-electron chi connectivity index (χ2n) is 6.75. The third kappa shape index (κ3) is 4.47. The van der Waals surface area contributed by atoms with Crippen molar-refractivity contribution in [2.24, 2.45) is 5.92 Å². The number of imidazole rings is 1. The van der Waals surface area contributed by atoms with Gasteiger partial charge in [-0.1, -0.05) is 12.1 Å². The minimum Gasteiger partial charge on any atom is -0.353 e. The van der Waals surface area contributed by atoms with E-state index >= 15 is 0 Å². The molecule has 2 atom stereocenters. The van der Waals surface area contributed by atoms with Crippen LogP contribution in [-0.4, -0.2) is 32.4 Å². The summed E-state index contributed by atoms with van der Waals surface area (Å²) in [7, 11) is 0. The Hall–Kier alpha value is -1.66. The fourth-order valence-electron chi connectivity index (χ4n) is 3.06. The van der Waals surface area contributed by atoms with E-state index in [1.165, 1.54) is 22.2 Å². The topological polar surface area (TPSA) is 71.8 Å². The fraction of sp³-hybridized carbons (Fsp3) is 0.278. The lowest BCUT2D eigenvalue weighted by Crippen LogP contribution is -2.18. The highest BCUT2D eigenvalue weighted by molar-refractivity contribution is 14.2. The predicted octanol–water partition coefficient (Wildman–Crippen LogP) is 6.22. The highest BCUT2D eigenvalue weighted by Crippen LogP contribution is 2.49. The Morgan fingerprint density at radius 3 is 2.65 bits per heavy atom. The Kier molecular flexibility index (Phi) is 6.32. The fourth-order valence-corrected chi connectivity index (χ4v) is 5.51. The van der Waals surface area contributed by atoms with Crippen LogP contribution >= 0.6 is 40.2 Å². The number of thioether (sulfide) groups is 1. The average molecular weight is 583 g/mol. The average Bonchev–Trinajstić information content (AvgIpc) is 3.21. The summed E-state index contributed by atoms with van der Waals surface area (Å²) in [6, 6.07) is 8.79.